The molecule has 0 aliphatic heterocycles. The first-order valence-corrected chi connectivity index (χ1v) is 8.85. The zero-order valence-electron chi connectivity index (χ0n) is 12.8. The van der Waals surface area contributed by atoms with Crippen LogP contribution in [0.2, 0.25) is 0 Å². The predicted molar refractivity (Wildman–Crippen MR) is 89.2 cm³/mol. The largest absolute Gasteiger partial charge is 0.506 e. The minimum atomic E-state index is -3.49. The van der Waals surface area contributed by atoms with E-state index in [1.807, 2.05) is 13.8 Å². The Morgan fingerprint density at radius 2 is 1.95 bits per heavy atom. The Hall–Kier alpha value is -1.02. The SMILES string of the molecule is CC(C)NC1CCc2c(ccc(O)c2NS(C)(=O)=O)C1O.Cl. The molecule has 1 aliphatic carbocycles. The first-order valence-electron chi connectivity index (χ1n) is 6.95. The van der Waals surface area contributed by atoms with Crippen LogP contribution in [0.5, 0.6) is 5.75 Å². The molecule has 2 rings (SSSR count). The average Bonchev–Trinajstić information content (AvgIpc) is 2.34. The third kappa shape index (κ3) is 4.25. The summed E-state index contributed by atoms with van der Waals surface area (Å²) in [5.41, 5.74) is 1.50. The Morgan fingerprint density at radius 3 is 2.50 bits per heavy atom. The zero-order chi connectivity index (χ0) is 15.8. The van der Waals surface area contributed by atoms with Gasteiger partial charge in [0.2, 0.25) is 10.0 Å². The van der Waals surface area contributed by atoms with Crippen molar-refractivity contribution in [2.45, 2.75) is 44.9 Å². The molecule has 0 aromatic heterocycles. The minimum Gasteiger partial charge on any atom is -0.506 e. The van der Waals surface area contributed by atoms with Crippen molar-refractivity contribution >= 4 is 28.1 Å². The van der Waals surface area contributed by atoms with E-state index in [1.54, 1.807) is 6.07 Å². The predicted octanol–water partition coefficient (Wildman–Crippen LogP) is 1.53. The van der Waals surface area contributed by atoms with Gasteiger partial charge in [0.05, 0.1) is 18.0 Å². The topological polar surface area (TPSA) is 98.7 Å². The van der Waals surface area contributed by atoms with Gasteiger partial charge in [0.15, 0.2) is 0 Å². The maximum atomic E-state index is 11.4. The number of sulfonamides is 1. The van der Waals surface area contributed by atoms with Gasteiger partial charge in [-0.25, -0.2) is 8.42 Å². The zero-order valence-corrected chi connectivity index (χ0v) is 14.5. The van der Waals surface area contributed by atoms with Gasteiger partial charge < -0.3 is 15.5 Å². The molecular formula is C14H23ClN2O4S. The lowest BCUT2D eigenvalue weighted by Gasteiger charge is -2.33. The van der Waals surface area contributed by atoms with Crippen LogP contribution in [0.3, 0.4) is 0 Å². The molecule has 126 valence electrons. The second-order valence-corrected chi connectivity index (χ2v) is 7.56. The number of hydrogen-bond donors (Lipinski definition) is 4. The summed E-state index contributed by atoms with van der Waals surface area (Å²) in [6, 6.07) is 3.23. The van der Waals surface area contributed by atoms with Crippen molar-refractivity contribution in [1.82, 2.24) is 5.32 Å². The van der Waals surface area contributed by atoms with Gasteiger partial charge in [0, 0.05) is 12.1 Å². The number of aliphatic hydroxyl groups excluding tert-OH is 1. The van der Waals surface area contributed by atoms with Crippen molar-refractivity contribution in [2.24, 2.45) is 0 Å². The van der Waals surface area contributed by atoms with E-state index in [2.05, 4.69) is 10.0 Å². The molecule has 0 bridgehead atoms. The summed E-state index contributed by atoms with van der Waals surface area (Å²) in [5.74, 6) is -0.123. The van der Waals surface area contributed by atoms with Gasteiger partial charge in [-0.3, -0.25) is 4.72 Å². The van der Waals surface area contributed by atoms with Crippen molar-refractivity contribution in [3.63, 3.8) is 0 Å². The maximum absolute atomic E-state index is 11.4. The first kappa shape index (κ1) is 19.0. The van der Waals surface area contributed by atoms with Crippen molar-refractivity contribution < 1.29 is 18.6 Å². The molecule has 4 N–H and O–H groups in total. The first-order chi connectivity index (χ1) is 9.69. The quantitative estimate of drug-likeness (QED) is 0.617. The van der Waals surface area contributed by atoms with Crippen molar-refractivity contribution in [2.75, 3.05) is 11.0 Å². The van der Waals surface area contributed by atoms with E-state index in [4.69, 9.17) is 0 Å². The van der Waals surface area contributed by atoms with E-state index in [9.17, 15) is 18.6 Å². The van der Waals surface area contributed by atoms with Crippen LogP contribution in [0, 0.1) is 0 Å². The van der Waals surface area contributed by atoms with Gasteiger partial charge in [-0.1, -0.05) is 19.9 Å². The monoisotopic (exact) mass is 350 g/mol. The number of anilines is 1. The highest BCUT2D eigenvalue weighted by molar-refractivity contribution is 7.92. The standard InChI is InChI=1S/C14H22N2O4S.ClH/c1-8(2)15-11-6-4-9-10(14(11)18)5-7-12(17)13(9)16-21(3,19)20;/h5,7-8,11,14-18H,4,6H2,1-3H3;1H. The second-order valence-electron chi connectivity index (χ2n) is 5.81. The van der Waals surface area contributed by atoms with Crippen molar-refractivity contribution in [1.29, 1.82) is 0 Å². The Kier molecular flexibility index (Phi) is 6.09. The Morgan fingerprint density at radius 1 is 1.32 bits per heavy atom. The van der Waals surface area contributed by atoms with Crippen LogP contribution in [-0.4, -0.2) is 37.0 Å². The van der Waals surface area contributed by atoms with Gasteiger partial charge in [0.25, 0.3) is 0 Å². The van der Waals surface area contributed by atoms with Crippen LogP contribution in [-0.2, 0) is 16.4 Å². The molecule has 2 atom stereocenters. The molecule has 0 saturated heterocycles. The fraction of sp³-hybridized carbons (Fsp3) is 0.571. The highest BCUT2D eigenvalue weighted by Gasteiger charge is 2.31. The van der Waals surface area contributed by atoms with E-state index < -0.39 is 16.1 Å². The number of benzene rings is 1. The highest BCUT2D eigenvalue weighted by atomic mass is 35.5. The number of rotatable bonds is 4. The molecule has 1 aromatic rings. The summed E-state index contributed by atoms with van der Waals surface area (Å²) in [4.78, 5) is 0. The van der Waals surface area contributed by atoms with Crippen molar-refractivity contribution in [3.8, 4) is 5.75 Å². The molecule has 1 aromatic carbocycles. The molecule has 1 aliphatic rings. The molecule has 0 amide bonds. The van der Waals surface area contributed by atoms with Crippen molar-refractivity contribution in [3.05, 3.63) is 23.3 Å². The Balaban J connectivity index is 0.00000242. The fourth-order valence-electron chi connectivity index (χ4n) is 2.77. The third-order valence-electron chi connectivity index (χ3n) is 3.57. The molecule has 0 radical (unpaired) electrons. The van der Waals surface area contributed by atoms with Crippen LogP contribution in [0.1, 0.15) is 37.5 Å². The Bertz CT molecular complexity index is 634. The summed E-state index contributed by atoms with van der Waals surface area (Å²) in [5, 5.41) is 23.7. The van der Waals surface area contributed by atoms with E-state index in [1.165, 1.54) is 6.07 Å². The lowest BCUT2D eigenvalue weighted by Crippen LogP contribution is -2.42. The Labute approximate surface area is 137 Å². The molecule has 0 saturated carbocycles. The molecule has 2 unspecified atom stereocenters. The van der Waals surface area contributed by atoms with Gasteiger partial charge >= 0.3 is 0 Å². The second kappa shape index (κ2) is 7.04. The van der Waals surface area contributed by atoms with Gasteiger partial charge in [-0.2, -0.15) is 0 Å². The number of phenolic OH excluding ortho intramolecular Hbond substituents is 1. The number of aliphatic hydroxyl groups is 1. The molecule has 6 nitrogen and oxygen atoms in total. The van der Waals surface area contributed by atoms with Crippen LogP contribution in [0.15, 0.2) is 12.1 Å². The van der Waals surface area contributed by atoms with Crippen LogP contribution < -0.4 is 10.0 Å². The number of hydrogen-bond acceptors (Lipinski definition) is 5. The minimum absolute atomic E-state index is 0. The number of nitrogens with one attached hydrogen (secondary N) is 2. The fourth-order valence-corrected chi connectivity index (χ4v) is 3.37. The van der Waals surface area contributed by atoms with Gasteiger partial charge in [-0.05, 0) is 30.0 Å². The molecule has 0 spiro atoms. The highest BCUT2D eigenvalue weighted by Crippen LogP contribution is 2.39. The lowest BCUT2D eigenvalue weighted by molar-refractivity contribution is 0.110. The summed E-state index contributed by atoms with van der Waals surface area (Å²) in [6.45, 7) is 4.02. The molecule has 0 fully saturated rings. The number of phenols is 1. The van der Waals surface area contributed by atoms with Crippen LogP contribution >= 0.6 is 12.4 Å². The van der Waals surface area contributed by atoms with E-state index in [-0.39, 0.29) is 35.9 Å². The normalized spacial score (nSPS) is 21.1. The lowest BCUT2D eigenvalue weighted by atomic mass is 9.84. The molecule has 22 heavy (non-hydrogen) atoms. The van der Waals surface area contributed by atoms with E-state index in [0.717, 1.165) is 6.26 Å². The van der Waals surface area contributed by atoms with Crippen LogP contribution in [0.25, 0.3) is 0 Å². The van der Waals surface area contributed by atoms with Crippen LogP contribution in [0.4, 0.5) is 5.69 Å². The summed E-state index contributed by atoms with van der Waals surface area (Å²) in [7, 11) is -3.49. The van der Waals surface area contributed by atoms with Gasteiger partial charge in [0.1, 0.15) is 5.75 Å². The van der Waals surface area contributed by atoms with Gasteiger partial charge in [-0.15, -0.1) is 12.4 Å². The smallest absolute Gasteiger partial charge is 0.229 e. The summed E-state index contributed by atoms with van der Waals surface area (Å²) in [6.07, 6.45) is 1.57. The third-order valence-corrected chi connectivity index (χ3v) is 4.14. The number of fused-ring (bicyclic) bond motifs is 1. The number of aromatic hydroxyl groups is 1. The summed E-state index contributed by atoms with van der Waals surface area (Å²) >= 11 is 0. The number of halogens is 1. The maximum Gasteiger partial charge on any atom is 0.229 e. The average molecular weight is 351 g/mol. The summed E-state index contributed by atoms with van der Waals surface area (Å²) < 4.78 is 25.2. The molecular weight excluding hydrogens is 328 g/mol. The van der Waals surface area contributed by atoms with E-state index in [0.29, 0.717) is 24.0 Å². The van der Waals surface area contributed by atoms with E-state index >= 15 is 0 Å². The molecule has 0 heterocycles. The molecule has 8 heteroatoms.